The summed E-state index contributed by atoms with van der Waals surface area (Å²) in [6.45, 7) is 0. The zero-order valence-electron chi connectivity index (χ0n) is 8.80. The van der Waals surface area contributed by atoms with Gasteiger partial charge in [-0.1, -0.05) is 0 Å². The Morgan fingerprint density at radius 1 is 0.538 bits per heavy atom. The Bertz CT molecular complexity index is 99.7. The third-order valence-corrected chi connectivity index (χ3v) is 4.55. The molecule has 0 aromatic heterocycles. The zero-order chi connectivity index (χ0) is 9.36. The Kier molecular flexibility index (Phi) is 7.46. The molecule has 1 heteroatoms. The third kappa shape index (κ3) is 6.83. The van der Waals surface area contributed by atoms with Crippen molar-refractivity contribution in [2.24, 2.45) is 0 Å². The van der Waals surface area contributed by atoms with Crippen LogP contribution in [-0.4, -0.2) is 23.0 Å². The van der Waals surface area contributed by atoms with Crippen LogP contribution in [0, 0.1) is 0 Å². The molecule has 13 heavy (non-hydrogen) atoms. The molecule has 1 rings (SSSR count). The molecule has 1 fully saturated rings. The molecule has 0 bridgehead atoms. The van der Waals surface area contributed by atoms with Crippen LogP contribution in [0.2, 0.25) is 3.86 Å². The quantitative estimate of drug-likeness (QED) is 0.585. The van der Waals surface area contributed by atoms with Gasteiger partial charge < -0.3 is 0 Å². The van der Waals surface area contributed by atoms with Crippen molar-refractivity contribution in [1.82, 2.24) is 0 Å². The summed E-state index contributed by atoms with van der Waals surface area (Å²) >= 11 is 2.08. The van der Waals surface area contributed by atoms with Crippen LogP contribution in [0.25, 0.3) is 0 Å². The van der Waals surface area contributed by atoms with E-state index in [2.05, 4.69) is 23.0 Å². The third-order valence-electron chi connectivity index (χ3n) is 3.07. The minimum absolute atomic E-state index is 1.05. The maximum absolute atomic E-state index is 2.08. The van der Waals surface area contributed by atoms with Crippen molar-refractivity contribution in [1.29, 1.82) is 0 Å². The second kappa shape index (κ2) is 8.15. The molecule has 1 saturated carbocycles. The van der Waals surface area contributed by atoms with E-state index in [-0.39, 0.29) is 0 Å². The van der Waals surface area contributed by atoms with Crippen molar-refractivity contribution in [3.63, 3.8) is 0 Å². The van der Waals surface area contributed by atoms with E-state index < -0.39 is 0 Å². The van der Waals surface area contributed by atoms with E-state index in [1.807, 2.05) is 0 Å². The SMILES string of the molecule is [Sb][CH]1CCCCCCCCCCC1. The molecule has 1 aliphatic rings. The summed E-state index contributed by atoms with van der Waals surface area (Å²) in [5.74, 6) is 0. The molecule has 0 heterocycles. The monoisotopic (exact) mass is 288 g/mol. The molecular weight excluding hydrogens is 266 g/mol. The molecule has 0 nitrogen and oxygen atoms in total. The fourth-order valence-electron chi connectivity index (χ4n) is 2.14. The predicted molar refractivity (Wildman–Crippen MR) is 60.3 cm³/mol. The van der Waals surface area contributed by atoms with Gasteiger partial charge in [-0.2, -0.15) is 0 Å². The van der Waals surface area contributed by atoms with Crippen LogP contribution in [-0.2, 0) is 0 Å². The summed E-state index contributed by atoms with van der Waals surface area (Å²) in [6.07, 6.45) is 16.5. The Morgan fingerprint density at radius 2 is 0.846 bits per heavy atom. The standard InChI is InChI=1S/C12H23.Sb/c1-2-4-6-8-10-12-11-9-7-5-3-1;/h1H,2-12H2;. The summed E-state index contributed by atoms with van der Waals surface area (Å²) in [5, 5.41) is 0. The average molecular weight is 289 g/mol. The summed E-state index contributed by atoms with van der Waals surface area (Å²) < 4.78 is 1.05. The van der Waals surface area contributed by atoms with E-state index in [1.54, 1.807) is 0 Å². The second-order valence-electron chi connectivity index (χ2n) is 4.41. The van der Waals surface area contributed by atoms with E-state index in [0.717, 1.165) is 3.86 Å². The van der Waals surface area contributed by atoms with E-state index in [4.69, 9.17) is 0 Å². The molecule has 0 atom stereocenters. The van der Waals surface area contributed by atoms with E-state index in [0.29, 0.717) is 0 Å². The van der Waals surface area contributed by atoms with Crippen molar-refractivity contribution >= 4 is 23.0 Å². The van der Waals surface area contributed by atoms with Gasteiger partial charge in [-0.15, -0.1) is 0 Å². The van der Waals surface area contributed by atoms with Gasteiger partial charge >= 0.3 is 97.5 Å². The van der Waals surface area contributed by atoms with E-state index in [9.17, 15) is 0 Å². The molecule has 0 saturated heterocycles. The Balaban J connectivity index is 2.11. The van der Waals surface area contributed by atoms with Crippen molar-refractivity contribution in [3.05, 3.63) is 0 Å². The van der Waals surface area contributed by atoms with Crippen LogP contribution in [0.4, 0.5) is 0 Å². The van der Waals surface area contributed by atoms with Gasteiger partial charge in [-0.05, 0) is 0 Å². The number of hydrogen-bond acceptors (Lipinski definition) is 0. The van der Waals surface area contributed by atoms with Crippen LogP contribution in [0.3, 0.4) is 0 Å². The fraction of sp³-hybridized carbons (Fsp3) is 1.00. The molecule has 0 unspecified atom stereocenters. The first-order valence-corrected chi connectivity index (χ1v) is 7.55. The van der Waals surface area contributed by atoms with Gasteiger partial charge in [0.25, 0.3) is 0 Å². The summed E-state index contributed by atoms with van der Waals surface area (Å²) in [4.78, 5) is 0. The summed E-state index contributed by atoms with van der Waals surface area (Å²) in [6, 6.07) is 0. The minimum atomic E-state index is 1.05. The van der Waals surface area contributed by atoms with Crippen molar-refractivity contribution in [2.45, 2.75) is 74.5 Å². The average Bonchev–Trinajstić information content (AvgIpc) is 2.11. The van der Waals surface area contributed by atoms with E-state index in [1.165, 1.54) is 70.6 Å². The molecule has 1 aliphatic carbocycles. The van der Waals surface area contributed by atoms with Gasteiger partial charge in [0.2, 0.25) is 0 Å². The molecule has 0 N–H and O–H groups in total. The van der Waals surface area contributed by atoms with Crippen LogP contribution in [0.15, 0.2) is 0 Å². The zero-order valence-corrected chi connectivity index (χ0v) is 11.4. The van der Waals surface area contributed by atoms with Gasteiger partial charge in [-0.25, -0.2) is 0 Å². The fourth-order valence-corrected chi connectivity index (χ4v) is 3.18. The first-order valence-electron chi connectivity index (χ1n) is 6.07. The van der Waals surface area contributed by atoms with Crippen molar-refractivity contribution in [3.8, 4) is 0 Å². The Morgan fingerprint density at radius 3 is 1.23 bits per heavy atom. The van der Waals surface area contributed by atoms with Gasteiger partial charge in [0, 0.05) is 0 Å². The Hall–Kier alpha value is 0.818. The van der Waals surface area contributed by atoms with Crippen LogP contribution in [0.5, 0.6) is 0 Å². The molecule has 76 valence electrons. The topological polar surface area (TPSA) is 0 Å². The first kappa shape index (κ1) is 11.9. The molecule has 0 aromatic carbocycles. The van der Waals surface area contributed by atoms with Gasteiger partial charge in [0.1, 0.15) is 0 Å². The van der Waals surface area contributed by atoms with Crippen molar-refractivity contribution in [2.75, 3.05) is 0 Å². The van der Waals surface area contributed by atoms with Gasteiger partial charge in [0.15, 0.2) is 0 Å². The predicted octanol–water partition coefficient (Wildman–Crippen LogP) is 4.25. The Labute approximate surface area is 97.4 Å². The van der Waals surface area contributed by atoms with Gasteiger partial charge in [-0.3, -0.25) is 0 Å². The van der Waals surface area contributed by atoms with Crippen molar-refractivity contribution < 1.29 is 0 Å². The van der Waals surface area contributed by atoms with Gasteiger partial charge in [0.05, 0.1) is 0 Å². The van der Waals surface area contributed by atoms with Crippen LogP contribution in [0.1, 0.15) is 70.6 Å². The van der Waals surface area contributed by atoms with Crippen LogP contribution >= 0.6 is 0 Å². The summed E-state index contributed by atoms with van der Waals surface area (Å²) in [5.41, 5.74) is 0. The molecule has 0 spiro atoms. The number of rotatable bonds is 0. The van der Waals surface area contributed by atoms with Crippen LogP contribution < -0.4 is 0 Å². The maximum atomic E-state index is 2.08. The number of hydrogen-bond donors (Lipinski definition) is 0. The normalized spacial score (nSPS) is 24.7. The second-order valence-corrected chi connectivity index (χ2v) is 6.50. The molecule has 0 aliphatic heterocycles. The molecule has 0 amide bonds. The molecule has 2 radical (unpaired) electrons. The van der Waals surface area contributed by atoms with E-state index >= 15 is 0 Å². The first-order chi connectivity index (χ1) is 6.39. The molecule has 0 aromatic rings. The molecular formula is C12H23Sb. The summed E-state index contributed by atoms with van der Waals surface area (Å²) in [7, 11) is 0.